The second-order valence-corrected chi connectivity index (χ2v) is 8.68. The number of nitrogens with one attached hydrogen (secondary N) is 1. The number of anilines is 1. The number of furan rings is 1. The van der Waals surface area contributed by atoms with E-state index in [2.05, 4.69) is 0 Å². The van der Waals surface area contributed by atoms with Crippen LogP contribution in [0.4, 0.5) is 10.1 Å². The first-order valence-corrected chi connectivity index (χ1v) is 11.1. The van der Waals surface area contributed by atoms with Crippen molar-refractivity contribution in [1.29, 1.82) is 0 Å². The highest BCUT2D eigenvalue weighted by Crippen LogP contribution is 2.31. The van der Waals surface area contributed by atoms with Crippen LogP contribution in [0.3, 0.4) is 0 Å². The van der Waals surface area contributed by atoms with Crippen LogP contribution in [0.15, 0.2) is 45.7 Å². The molecule has 1 saturated heterocycles. The van der Waals surface area contributed by atoms with E-state index in [1.54, 1.807) is 32.0 Å². The van der Waals surface area contributed by atoms with Crippen LogP contribution in [0, 0.1) is 12.7 Å². The van der Waals surface area contributed by atoms with Crippen molar-refractivity contribution in [2.24, 2.45) is 0 Å². The molecule has 4 rings (SSSR count). The molecule has 3 aromatic rings. The topological polar surface area (TPSA) is 88.8 Å². The Morgan fingerprint density at radius 2 is 2.03 bits per heavy atom. The Morgan fingerprint density at radius 3 is 2.70 bits per heavy atom. The monoisotopic (exact) mass is 432 g/mol. The Bertz CT molecular complexity index is 1230. The molecule has 0 saturated carbocycles. The molecule has 0 radical (unpaired) electrons. The van der Waals surface area contributed by atoms with Gasteiger partial charge in [0.15, 0.2) is 5.76 Å². The summed E-state index contributed by atoms with van der Waals surface area (Å²) < 4.78 is 53.1. The first-order chi connectivity index (χ1) is 14.3. The van der Waals surface area contributed by atoms with Gasteiger partial charge in [-0.25, -0.2) is 17.5 Å². The first-order valence-electron chi connectivity index (χ1n) is 9.57. The summed E-state index contributed by atoms with van der Waals surface area (Å²) >= 11 is 0. The van der Waals surface area contributed by atoms with Crippen LogP contribution in [-0.4, -0.2) is 34.0 Å². The molecular formula is C21H21FN2O5S. The van der Waals surface area contributed by atoms with Crippen LogP contribution in [0.5, 0.6) is 5.75 Å². The van der Waals surface area contributed by atoms with E-state index in [0.717, 1.165) is 19.5 Å². The summed E-state index contributed by atoms with van der Waals surface area (Å²) in [5.74, 6) is -1.66. The fourth-order valence-corrected chi connectivity index (χ4v) is 4.74. The number of aryl methyl sites for hydroxylation is 1. The minimum Gasteiger partial charge on any atom is -0.492 e. The lowest BCUT2D eigenvalue weighted by Gasteiger charge is -2.33. The lowest BCUT2D eigenvalue weighted by Crippen LogP contribution is -2.36. The van der Waals surface area contributed by atoms with Gasteiger partial charge in [-0.2, -0.15) is 0 Å². The quantitative estimate of drug-likeness (QED) is 0.640. The van der Waals surface area contributed by atoms with Crippen LogP contribution in [0.25, 0.3) is 11.0 Å². The third-order valence-corrected chi connectivity index (χ3v) is 6.50. The summed E-state index contributed by atoms with van der Waals surface area (Å²) in [5, 5.41) is 0.118. The van der Waals surface area contributed by atoms with Crippen molar-refractivity contribution in [2.75, 3.05) is 24.6 Å². The highest BCUT2D eigenvalue weighted by atomic mass is 32.2. The predicted molar refractivity (Wildman–Crippen MR) is 110 cm³/mol. The second-order valence-electron chi connectivity index (χ2n) is 7.06. The zero-order valence-corrected chi connectivity index (χ0v) is 17.4. The number of hydrogen-bond acceptors (Lipinski definition) is 6. The molecule has 0 unspecified atom stereocenters. The highest BCUT2D eigenvalue weighted by molar-refractivity contribution is 7.90. The molecule has 0 bridgehead atoms. The van der Waals surface area contributed by atoms with Gasteiger partial charge in [-0.05, 0) is 38.0 Å². The van der Waals surface area contributed by atoms with Crippen LogP contribution in [-0.2, 0) is 10.0 Å². The largest absolute Gasteiger partial charge is 0.492 e. The number of carbonyl (C=O) groups excluding carboxylic acids is 1. The lowest BCUT2D eigenvalue weighted by molar-refractivity contribution is 0.0956. The molecule has 1 aliphatic heterocycles. The Kier molecular flexibility index (Phi) is 5.15. The number of sulfonamides is 1. The van der Waals surface area contributed by atoms with Crippen molar-refractivity contribution in [3.63, 3.8) is 0 Å². The normalized spacial score (nSPS) is 13.9. The Hall–Kier alpha value is -3.07. The summed E-state index contributed by atoms with van der Waals surface area (Å²) in [6.07, 6.45) is 1.03. The number of halogens is 1. The van der Waals surface area contributed by atoms with E-state index in [-0.39, 0.29) is 34.0 Å². The highest BCUT2D eigenvalue weighted by Gasteiger charge is 2.27. The summed E-state index contributed by atoms with van der Waals surface area (Å²) in [7, 11) is -4.24. The first kappa shape index (κ1) is 20.2. The third-order valence-electron chi connectivity index (χ3n) is 4.99. The molecule has 1 amide bonds. The molecule has 9 heteroatoms. The molecule has 7 nitrogen and oxygen atoms in total. The van der Waals surface area contributed by atoms with Crippen LogP contribution in [0.2, 0.25) is 0 Å². The molecule has 158 valence electrons. The van der Waals surface area contributed by atoms with Gasteiger partial charge in [-0.3, -0.25) is 4.79 Å². The van der Waals surface area contributed by atoms with Gasteiger partial charge in [0.1, 0.15) is 22.0 Å². The lowest BCUT2D eigenvalue weighted by atomic mass is 10.1. The van der Waals surface area contributed by atoms with Crippen LogP contribution in [0.1, 0.15) is 29.5 Å². The van der Waals surface area contributed by atoms with Crippen molar-refractivity contribution in [1.82, 2.24) is 4.72 Å². The summed E-state index contributed by atoms with van der Waals surface area (Å²) in [6, 6.07) is 9.03. The summed E-state index contributed by atoms with van der Waals surface area (Å²) in [4.78, 5) is 14.5. The molecule has 0 spiro atoms. The number of benzene rings is 2. The molecule has 0 aliphatic carbocycles. The third kappa shape index (κ3) is 3.60. The van der Waals surface area contributed by atoms with Gasteiger partial charge in [0, 0.05) is 30.9 Å². The zero-order valence-electron chi connectivity index (χ0n) is 16.6. The summed E-state index contributed by atoms with van der Waals surface area (Å²) in [6.45, 7) is 5.26. The maximum Gasteiger partial charge on any atom is 0.300 e. The average Bonchev–Trinajstić information content (AvgIpc) is 3.05. The molecule has 2 heterocycles. The van der Waals surface area contributed by atoms with Gasteiger partial charge in [-0.1, -0.05) is 12.1 Å². The fourth-order valence-electron chi connectivity index (χ4n) is 3.41. The number of carbonyl (C=O) groups is 1. The van der Waals surface area contributed by atoms with E-state index in [1.807, 2.05) is 9.62 Å². The number of amides is 1. The minimum absolute atomic E-state index is 0.118. The zero-order chi connectivity index (χ0) is 21.5. The molecular weight excluding hydrogens is 411 g/mol. The van der Waals surface area contributed by atoms with Gasteiger partial charge < -0.3 is 14.1 Å². The SMILES string of the molecule is CCOc1cccc(C)c1S(=O)(=O)NC(=O)c1cc2c(F)cc(N3CCC3)cc2o1. The van der Waals surface area contributed by atoms with E-state index in [0.29, 0.717) is 11.3 Å². The van der Waals surface area contributed by atoms with Crippen molar-refractivity contribution >= 4 is 32.6 Å². The average molecular weight is 432 g/mol. The van der Waals surface area contributed by atoms with Gasteiger partial charge in [0.25, 0.3) is 10.0 Å². The fraction of sp³-hybridized carbons (Fsp3) is 0.286. The predicted octanol–water partition coefficient (Wildman–Crippen LogP) is 3.61. The van der Waals surface area contributed by atoms with E-state index >= 15 is 0 Å². The number of hydrogen-bond donors (Lipinski definition) is 1. The van der Waals surface area contributed by atoms with E-state index in [1.165, 1.54) is 18.2 Å². The maximum absolute atomic E-state index is 14.5. The Morgan fingerprint density at radius 1 is 1.27 bits per heavy atom. The summed E-state index contributed by atoms with van der Waals surface area (Å²) in [5.41, 5.74) is 1.28. The number of ether oxygens (including phenoxy) is 1. The molecule has 1 aromatic heterocycles. The molecule has 30 heavy (non-hydrogen) atoms. The number of nitrogens with zero attached hydrogens (tertiary/aromatic N) is 1. The van der Waals surface area contributed by atoms with Crippen molar-refractivity contribution in [3.8, 4) is 5.75 Å². The van der Waals surface area contributed by atoms with E-state index in [9.17, 15) is 17.6 Å². The molecule has 0 atom stereocenters. The van der Waals surface area contributed by atoms with Crippen LogP contribution >= 0.6 is 0 Å². The van der Waals surface area contributed by atoms with Crippen molar-refractivity contribution < 1.29 is 26.8 Å². The molecule has 2 aromatic carbocycles. The van der Waals surface area contributed by atoms with Crippen molar-refractivity contribution in [2.45, 2.75) is 25.2 Å². The van der Waals surface area contributed by atoms with Gasteiger partial charge in [0.2, 0.25) is 0 Å². The van der Waals surface area contributed by atoms with Gasteiger partial charge >= 0.3 is 5.91 Å². The van der Waals surface area contributed by atoms with E-state index in [4.69, 9.17) is 9.15 Å². The van der Waals surface area contributed by atoms with Crippen molar-refractivity contribution in [3.05, 3.63) is 53.5 Å². The standard InChI is InChI=1S/C21H21FN2O5S/c1-3-28-17-7-4-6-13(2)20(17)30(26,27)23-21(25)19-12-15-16(22)10-14(11-18(15)29-19)24-8-5-9-24/h4,6-7,10-12H,3,5,8-9H2,1-2H3,(H,23,25). The van der Waals surface area contributed by atoms with Crippen LogP contribution < -0.4 is 14.4 Å². The minimum atomic E-state index is -4.24. The second kappa shape index (κ2) is 7.64. The van der Waals surface area contributed by atoms with Gasteiger partial charge in [-0.15, -0.1) is 0 Å². The Balaban J connectivity index is 1.65. The molecule has 1 fully saturated rings. The number of rotatable bonds is 6. The van der Waals surface area contributed by atoms with E-state index < -0.39 is 21.7 Å². The number of fused-ring (bicyclic) bond motifs is 1. The maximum atomic E-state index is 14.5. The molecule has 1 N–H and O–H groups in total. The molecule has 1 aliphatic rings. The Labute approximate surface area is 173 Å². The smallest absolute Gasteiger partial charge is 0.300 e. The van der Waals surface area contributed by atoms with Gasteiger partial charge in [0.05, 0.1) is 12.0 Å².